The molecule has 1 aliphatic heterocycles. The number of halogens is 1. The first-order chi connectivity index (χ1) is 18.9. The molecule has 4 aromatic rings. The quantitative estimate of drug-likeness (QED) is 0.158. The number of nitrogens with zero attached hydrogens (tertiary/aromatic N) is 3. The maximum absolute atomic E-state index is 13.5. The normalized spacial score (nSPS) is 16.7. The number of carbonyl (C=O) groups is 2. The molecular weight excluding hydrogens is 516 g/mol. The molecular formula is C30H29ClN4O4. The molecule has 3 aromatic carbocycles. The zero-order chi connectivity index (χ0) is 27.7. The van der Waals surface area contributed by atoms with Crippen LogP contribution in [0.2, 0.25) is 5.02 Å². The standard InChI is InChI=1S/C30H29ClN4O4/c1-4-34(5-2)20-14-11-18(12-15-20)26-25(27(36)19-13-16-21(31)24(17-19)39-6-3)28(37)29(38)35(26)30-32-22-9-7-8-10-23(22)33-30/h7-17,26,36H,4-6H2,1-3H3,(H,32,33)/b27-25+. The molecule has 5 rings (SSSR count). The van der Waals surface area contributed by atoms with Crippen LogP contribution >= 0.6 is 11.6 Å². The Bertz CT molecular complexity index is 1540. The molecule has 1 aliphatic rings. The zero-order valence-electron chi connectivity index (χ0n) is 21.9. The molecule has 0 spiro atoms. The van der Waals surface area contributed by atoms with E-state index in [1.165, 1.54) is 4.90 Å². The third-order valence-corrected chi connectivity index (χ3v) is 7.20. The van der Waals surface area contributed by atoms with E-state index in [-0.39, 0.29) is 17.3 Å². The first kappa shape index (κ1) is 26.3. The summed E-state index contributed by atoms with van der Waals surface area (Å²) in [6, 6.07) is 18.9. The molecule has 39 heavy (non-hydrogen) atoms. The summed E-state index contributed by atoms with van der Waals surface area (Å²) in [7, 11) is 0. The van der Waals surface area contributed by atoms with Gasteiger partial charge in [-0.1, -0.05) is 35.9 Å². The summed E-state index contributed by atoms with van der Waals surface area (Å²) in [6.07, 6.45) is 0. The Morgan fingerprint density at radius 3 is 2.44 bits per heavy atom. The zero-order valence-corrected chi connectivity index (χ0v) is 22.7. The van der Waals surface area contributed by atoms with Gasteiger partial charge >= 0.3 is 5.91 Å². The smallest absolute Gasteiger partial charge is 0.302 e. The number of para-hydroxylation sites is 2. The fraction of sp³-hybridized carbons (Fsp3) is 0.233. The minimum Gasteiger partial charge on any atom is -0.507 e. The number of nitrogens with one attached hydrogen (secondary N) is 1. The van der Waals surface area contributed by atoms with E-state index in [0.29, 0.717) is 34.0 Å². The highest BCUT2D eigenvalue weighted by Gasteiger charge is 2.48. The highest BCUT2D eigenvalue weighted by molar-refractivity contribution is 6.51. The number of aromatic amines is 1. The number of aromatic nitrogens is 2. The summed E-state index contributed by atoms with van der Waals surface area (Å²) >= 11 is 6.25. The van der Waals surface area contributed by atoms with E-state index in [0.717, 1.165) is 24.3 Å². The first-order valence-electron chi connectivity index (χ1n) is 12.9. The number of ketones is 1. The molecule has 1 unspecified atom stereocenters. The van der Waals surface area contributed by atoms with Crippen LogP contribution in [-0.2, 0) is 9.59 Å². The van der Waals surface area contributed by atoms with Gasteiger partial charge in [-0.15, -0.1) is 0 Å². The molecule has 0 radical (unpaired) electrons. The lowest BCUT2D eigenvalue weighted by atomic mass is 9.95. The highest BCUT2D eigenvalue weighted by Crippen LogP contribution is 2.42. The van der Waals surface area contributed by atoms with Crippen molar-refractivity contribution >= 4 is 51.7 Å². The molecule has 1 atom stereocenters. The summed E-state index contributed by atoms with van der Waals surface area (Å²) in [5, 5.41) is 11.9. The number of hydrogen-bond donors (Lipinski definition) is 2. The van der Waals surface area contributed by atoms with Gasteiger partial charge in [0.2, 0.25) is 5.95 Å². The van der Waals surface area contributed by atoms with Crippen molar-refractivity contribution in [2.24, 2.45) is 0 Å². The number of amides is 1. The van der Waals surface area contributed by atoms with E-state index >= 15 is 0 Å². The van der Waals surface area contributed by atoms with Gasteiger partial charge in [0.05, 0.1) is 34.3 Å². The van der Waals surface area contributed by atoms with Crippen molar-refractivity contribution in [2.45, 2.75) is 26.8 Å². The number of fused-ring (bicyclic) bond motifs is 1. The molecule has 8 nitrogen and oxygen atoms in total. The lowest BCUT2D eigenvalue weighted by molar-refractivity contribution is -0.132. The number of H-pyrrole nitrogens is 1. The Labute approximate surface area is 231 Å². The summed E-state index contributed by atoms with van der Waals surface area (Å²) < 4.78 is 5.58. The number of aliphatic hydroxyl groups excluding tert-OH is 1. The third kappa shape index (κ3) is 4.72. The van der Waals surface area contributed by atoms with Crippen molar-refractivity contribution in [3.8, 4) is 5.75 Å². The van der Waals surface area contributed by atoms with E-state index < -0.39 is 17.7 Å². The molecule has 1 amide bonds. The second-order valence-corrected chi connectivity index (χ2v) is 9.50. The molecule has 0 bridgehead atoms. The molecule has 1 aromatic heterocycles. The Balaban J connectivity index is 1.69. The summed E-state index contributed by atoms with van der Waals surface area (Å²) in [4.78, 5) is 38.3. The first-order valence-corrected chi connectivity index (χ1v) is 13.3. The molecule has 1 fully saturated rings. The predicted molar refractivity (Wildman–Crippen MR) is 154 cm³/mol. The maximum Gasteiger partial charge on any atom is 0.302 e. The van der Waals surface area contributed by atoms with E-state index in [1.807, 2.05) is 55.5 Å². The van der Waals surface area contributed by atoms with Crippen LogP contribution in [0.25, 0.3) is 16.8 Å². The number of carbonyl (C=O) groups excluding carboxylic acids is 2. The number of imidazole rings is 1. The topological polar surface area (TPSA) is 98.8 Å². The van der Waals surface area contributed by atoms with Gasteiger partial charge in [0.15, 0.2) is 0 Å². The van der Waals surface area contributed by atoms with E-state index in [9.17, 15) is 14.7 Å². The van der Waals surface area contributed by atoms with Gasteiger partial charge in [0, 0.05) is 24.3 Å². The molecule has 1 saturated heterocycles. The number of anilines is 2. The fourth-order valence-corrected chi connectivity index (χ4v) is 5.12. The van der Waals surface area contributed by atoms with E-state index in [4.69, 9.17) is 16.3 Å². The summed E-state index contributed by atoms with van der Waals surface area (Å²) in [5.41, 5.74) is 3.33. The molecule has 200 valence electrons. The SMILES string of the molecule is CCOc1cc(/C(O)=C2\C(=O)C(=O)N(c3nc4ccccc4[nH]3)C2c2ccc(N(CC)CC)cc2)ccc1Cl. The maximum atomic E-state index is 13.5. The Kier molecular flexibility index (Phi) is 7.30. The average Bonchev–Trinajstić information content (AvgIpc) is 3.49. The van der Waals surface area contributed by atoms with Crippen LogP contribution in [0.5, 0.6) is 5.75 Å². The Morgan fingerprint density at radius 2 is 1.77 bits per heavy atom. The number of benzene rings is 3. The number of rotatable bonds is 8. The molecule has 0 saturated carbocycles. The predicted octanol–water partition coefficient (Wildman–Crippen LogP) is 6.09. The lowest BCUT2D eigenvalue weighted by Crippen LogP contribution is -2.30. The van der Waals surface area contributed by atoms with Gasteiger partial charge in [-0.2, -0.15) is 0 Å². The Hall–Kier alpha value is -4.30. The third-order valence-electron chi connectivity index (χ3n) is 6.89. The number of aliphatic hydroxyl groups is 1. The molecule has 2 N–H and O–H groups in total. The largest absolute Gasteiger partial charge is 0.507 e. The molecule has 2 heterocycles. The fourth-order valence-electron chi connectivity index (χ4n) is 4.95. The highest BCUT2D eigenvalue weighted by atomic mass is 35.5. The second kappa shape index (κ2) is 10.8. The van der Waals surface area contributed by atoms with Crippen molar-refractivity contribution in [3.63, 3.8) is 0 Å². The van der Waals surface area contributed by atoms with Gasteiger partial charge in [-0.05, 0) is 68.8 Å². The van der Waals surface area contributed by atoms with E-state index in [1.54, 1.807) is 18.2 Å². The molecule has 0 aliphatic carbocycles. The van der Waals surface area contributed by atoms with Crippen LogP contribution in [0.3, 0.4) is 0 Å². The lowest BCUT2D eigenvalue weighted by Gasteiger charge is -2.25. The van der Waals surface area contributed by atoms with Crippen LogP contribution in [0.4, 0.5) is 11.6 Å². The van der Waals surface area contributed by atoms with Gasteiger partial charge in [-0.25, -0.2) is 4.98 Å². The van der Waals surface area contributed by atoms with Crippen LogP contribution in [-0.4, -0.2) is 46.5 Å². The second-order valence-electron chi connectivity index (χ2n) is 9.09. The van der Waals surface area contributed by atoms with Gasteiger partial charge < -0.3 is 19.7 Å². The monoisotopic (exact) mass is 544 g/mol. The minimum absolute atomic E-state index is 0.0409. The van der Waals surface area contributed by atoms with Crippen molar-refractivity contribution in [3.05, 3.63) is 88.5 Å². The van der Waals surface area contributed by atoms with Crippen LogP contribution in [0.1, 0.15) is 37.9 Å². The van der Waals surface area contributed by atoms with Crippen molar-refractivity contribution in [2.75, 3.05) is 29.5 Å². The number of Topliss-reactive ketones (excluding diaryl/α,β-unsaturated/α-hetero) is 1. The summed E-state index contributed by atoms with van der Waals surface area (Å²) in [5.74, 6) is -1.32. The van der Waals surface area contributed by atoms with Crippen LogP contribution in [0, 0.1) is 0 Å². The van der Waals surface area contributed by atoms with Gasteiger partial charge in [0.25, 0.3) is 5.78 Å². The summed E-state index contributed by atoms with van der Waals surface area (Å²) in [6.45, 7) is 8.04. The van der Waals surface area contributed by atoms with Gasteiger partial charge in [0.1, 0.15) is 11.5 Å². The van der Waals surface area contributed by atoms with E-state index in [2.05, 4.69) is 28.7 Å². The Morgan fingerprint density at radius 1 is 1.05 bits per heavy atom. The van der Waals surface area contributed by atoms with Gasteiger partial charge in [-0.3, -0.25) is 14.5 Å². The molecule has 9 heteroatoms. The van der Waals surface area contributed by atoms with Crippen LogP contribution in [0.15, 0.2) is 72.3 Å². The van der Waals surface area contributed by atoms with Crippen LogP contribution < -0.4 is 14.5 Å². The number of ether oxygens (including phenoxy) is 1. The van der Waals surface area contributed by atoms with Crippen molar-refractivity contribution in [1.29, 1.82) is 0 Å². The average molecular weight is 545 g/mol. The minimum atomic E-state index is -0.914. The van der Waals surface area contributed by atoms with Crippen molar-refractivity contribution < 1.29 is 19.4 Å². The van der Waals surface area contributed by atoms with Crippen molar-refractivity contribution in [1.82, 2.24) is 9.97 Å². The number of hydrogen-bond acceptors (Lipinski definition) is 6.